The molecule has 0 heterocycles. The molecule has 58 valence electrons. The molecule has 0 unspecified atom stereocenters. The molecule has 1 rings (SSSR count). The fourth-order valence-corrected chi connectivity index (χ4v) is 0.682. The van der Waals surface area contributed by atoms with Crippen LogP contribution in [-0.4, -0.2) is 6.47 Å². The van der Waals surface area contributed by atoms with Gasteiger partial charge in [0.05, 0.1) is 11.4 Å². The first-order valence-corrected chi connectivity index (χ1v) is 2.99. The number of hydrogen-bond acceptors (Lipinski definition) is 4. The predicted octanol–water partition coefficient (Wildman–Crippen LogP) is 0.386. The molecule has 0 fully saturated rings. The standard InChI is InChI=1S/C7H8N2O2/c8-6-2-1-5(11-4-10)3-7(6)9/h1-4H,8-9H2. The van der Waals surface area contributed by atoms with E-state index < -0.39 is 0 Å². The van der Waals surface area contributed by atoms with Crippen molar-refractivity contribution >= 4 is 17.8 Å². The minimum absolute atomic E-state index is 0.338. The van der Waals surface area contributed by atoms with Gasteiger partial charge in [0.2, 0.25) is 0 Å². The maximum absolute atomic E-state index is 9.88. The van der Waals surface area contributed by atoms with Crippen LogP contribution in [0.5, 0.6) is 5.75 Å². The second-order valence-corrected chi connectivity index (χ2v) is 2.00. The van der Waals surface area contributed by atoms with Gasteiger partial charge >= 0.3 is 0 Å². The highest BCUT2D eigenvalue weighted by Gasteiger charge is 1.96. The average molecular weight is 152 g/mol. The Kier molecular flexibility index (Phi) is 1.96. The van der Waals surface area contributed by atoms with Crippen LogP contribution in [0.15, 0.2) is 18.2 Å². The van der Waals surface area contributed by atoms with Gasteiger partial charge < -0.3 is 16.2 Å². The molecule has 0 aliphatic rings. The number of hydrogen-bond donors (Lipinski definition) is 2. The van der Waals surface area contributed by atoms with Crippen LogP contribution >= 0.6 is 0 Å². The lowest BCUT2D eigenvalue weighted by atomic mass is 10.2. The van der Waals surface area contributed by atoms with Crippen molar-refractivity contribution in [2.75, 3.05) is 11.5 Å². The minimum atomic E-state index is 0.338. The number of ether oxygens (including phenoxy) is 1. The molecule has 0 aliphatic heterocycles. The van der Waals surface area contributed by atoms with Gasteiger partial charge in [-0.3, -0.25) is 4.79 Å². The number of nitrogens with two attached hydrogens (primary N) is 2. The molecule has 0 amide bonds. The van der Waals surface area contributed by atoms with Gasteiger partial charge in [-0.05, 0) is 12.1 Å². The fourth-order valence-electron chi connectivity index (χ4n) is 0.682. The summed E-state index contributed by atoms with van der Waals surface area (Å²) in [5, 5.41) is 0. The Hall–Kier alpha value is -1.71. The highest BCUT2D eigenvalue weighted by Crippen LogP contribution is 2.20. The van der Waals surface area contributed by atoms with Crippen LogP contribution in [0.25, 0.3) is 0 Å². The lowest BCUT2D eigenvalue weighted by Gasteiger charge is -2.01. The van der Waals surface area contributed by atoms with Gasteiger partial charge in [0.15, 0.2) is 0 Å². The van der Waals surface area contributed by atoms with E-state index >= 15 is 0 Å². The second kappa shape index (κ2) is 2.92. The van der Waals surface area contributed by atoms with Crippen molar-refractivity contribution in [3.05, 3.63) is 18.2 Å². The summed E-state index contributed by atoms with van der Waals surface area (Å²) in [4.78, 5) is 9.88. The topological polar surface area (TPSA) is 78.3 Å². The number of nitrogen functional groups attached to an aromatic ring is 2. The van der Waals surface area contributed by atoms with Crippen molar-refractivity contribution in [3.63, 3.8) is 0 Å². The SMILES string of the molecule is Nc1ccc(OC=O)cc1N. The van der Waals surface area contributed by atoms with E-state index in [1.54, 1.807) is 12.1 Å². The number of benzene rings is 1. The van der Waals surface area contributed by atoms with E-state index in [4.69, 9.17) is 11.5 Å². The van der Waals surface area contributed by atoms with Crippen LogP contribution < -0.4 is 16.2 Å². The molecule has 0 spiro atoms. The van der Waals surface area contributed by atoms with Crippen LogP contribution in [-0.2, 0) is 4.79 Å². The third-order valence-electron chi connectivity index (χ3n) is 1.24. The predicted molar refractivity (Wildman–Crippen MR) is 42.0 cm³/mol. The van der Waals surface area contributed by atoms with E-state index in [-0.39, 0.29) is 0 Å². The molecule has 0 aromatic heterocycles. The van der Waals surface area contributed by atoms with Gasteiger partial charge in [0, 0.05) is 6.07 Å². The molecule has 11 heavy (non-hydrogen) atoms. The molecule has 0 saturated heterocycles. The molecule has 1 aromatic carbocycles. The van der Waals surface area contributed by atoms with Crippen molar-refractivity contribution < 1.29 is 9.53 Å². The van der Waals surface area contributed by atoms with Crippen molar-refractivity contribution in [2.24, 2.45) is 0 Å². The average Bonchev–Trinajstić information content (AvgIpc) is 1.98. The Morgan fingerprint density at radius 1 is 1.27 bits per heavy atom. The fraction of sp³-hybridized carbons (Fsp3) is 0. The van der Waals surface area contributed by atoms with Gasteiger partial charge in [0.25, 0.3) is 6.47 Å². The van der Waals surface area contributed by atoms with Crippen molar-refractivity contribution in [2.45, 2.75) is 0 Å². The zero-order valence-corrected chi connectivity index (χ0v) is 5.78. The summed E-state index contributed by atoms with van der Waals surface area (Å²) in [6.45, 7) is 0.338. The van der Waals surface area contributed by atoms with Crippen molar-refractivity contribution in [1.29, 1.82) is 0 Å². The molecule has 0 saturated carbocycles. The Labute approximate surface area is 63.8 Å². The lowest BCUT2D eigenvalue weighted by Crippen LogP contribution is -1.95. The van der Waals surface area contributed by atoms with Crippen LogP contribution in [0.3, 0.4) is 0 Å². The van der Waals surface area contributed by atoms with Gasteiger partial charge in [-0.15, -0.1) is 0 Å². The summed E-state index contributed by atoms with van der Waals surface area (Å²) in [7, 11) is 0. The van der Waals surface area contributed by atoms with Gasteiger partial charge in [-0.1, -0.05) is 0 Å². The summed E-state index contributed by atoms with van der Waals surface area (Å²) in [6.07, 6.45) is 0. The van der Waals surface area contributed by atoms with E-state index in [1.165, 1.54) is 6.07 Å². The number of anilines is 2. The quantitative estimate of drug-likeness (QED) is 0.474. The van der Waals surface area contributed by atoms with Crippen molar-refractivity contribution in [1.82, 2.24) is 0 Å². The minimum Gasteiger partial charge on any atom is -0.429 e. The van der Waals surface area contributed by atoms with Crippen LogP contribution in [0.2, 0.25) is 0 Å². The zero-order valence-electron chi connectivity index (χ0n) is 5.78. The molecule has 0 bridgehead atoms. The Morgan fingerprint density at radius 3 is 2.55 bits per heavy atom. The highest BCUT2D eigenvalue weighted by atomic mass is 16.5. The summed E-state index contributed by atoms with van der Waals surface area (Å²) < 4.78 is 4.53. The largest absolute Gasteiger partial charge is 0.429 e. The highest BCUT2D eigenvalue weighted by molar-refractivity contribution is 5.66. The maximum Gasteiger partial charge on any atom is 0.298 e. The van der Waals surface area contributed by atoms with E-state index in [0.29, 0.717) is 23.6 Å². The molecule has 4 N–H and O–H groups in total. The third-order valence-corrected chi connectivity index (χ3v) is 1.24. The molecule has 0 radical (unpaired) electrons. The van der Waals surface area contributed by atoms with Crippen molar-refractivity contribution in [3.8, 4) is 5.75 Å². The number of carbonyl (C=O) groups excluding carboxylic acids is 1. The first-order valence-electron chi connectivity index (χ1n) is 2.99. The first kappa shape index (κ1) is 7.40. The Morgan fingerprint density at radius 2 is 2.00 bits per heavy atom. The van der Waals surface area contributed by atoms with E-state index in [9.17, 15) is 4.79 Å². The first-order chi connectivity index (χ1) is 5.24. The summed E-state index contributed by atoms with van der Waals surface area (Å²) in [6, 6.07) is 4.64. The summed E-state index contributed by atoms with van der Waals surface area (Å²) >= 11 is 0. The van der Waals surface area contributed by atoms with Gasteiger partial charge in [-0.25, -0.2) is 0 Å². The maximum atomic E-state index is 9.88. The molecular weight excluding hydrogens is 144 g/mol. The third kappa shape index (κ3) is 1.61. The van der Waals surface area contributed by atoms with E-state index in [0.717, 1.165) is 0 Å². The van der Waals surface area contributed by atoms with Gasteiger partial charge in [0.1, 0.15) is 5.75 Å². The summed E-state index contributed by atoms with van der Waals surface area (Å²) in [5.74, 6) is 0.395. The molecule has 0 atom stereocenters. The molecular formula is C7H8N2O2. The second-order valence-electron chi connectivity index (χ2n) is 2.00. The van der Waals surface area contributed by atoms with E-state index in [1.807, 2.05) is 0 Å². The molecule has 4 nitrogen and oxygen atoms in total. The zero-order chi connectivity index (χ0) is 8.27. The van der Waals surface area contributed by atoms with E-state index in [2.05, 4.69) is 4.74 Å². The van der Waals surface area contributed by atoms with Crippen LogP contribution in [0, 0.1) is 0 Å². The molecule has 4 heteroatoms. The van der Waals surface area contributed by atoms with Crippen LogP contribution in [0.4, 0.5) is 11.4 Å². The Bertz CT molecular complexity index is 273. The monoisotopic (exact) mass is 152 g/mol. The Balaban J connectivity index is 2.95. The summed E-state index contributed by atoms with van der Waals surface area (Å²) in [5.41, 5.74) is 11.7. The lowest BCUT2D eigenvalue weighted by molar-refractivity contribution is -0.120. The molecule has 0 aliphatic carbocycles. The van der Waals surface area contributed by atoms with Gasteiger partial charge in [-0.2, -0.15) is 0 Å². The van der Waals surface area contributed by atoms with Crippen LogP contribution in [0.1, 0.15) is 0 Å². The smallest absolute Gasteiger partial charge is 0.298 e. The normalized spacial score (nSPS) is 9.09. The number of rotatable bonds is 2. The number of carbonyl (C=O) groups is 1. The molecule has 1 aromatic rings.